The molecule has 0 bridgehead atoms. The Kier molecular flexibility index (Phi) is 6.68. The Balaban J connectivity index is 1.39. The van der Waals surface area contributed by atoms with E-state index in [9.17, 15) is 9.59 Å². The minimum Gasteiger partial charge on any atom is -0.497 e. The summed E-state index contributed by atoms with van der Waals surface area (Å²) in [4.78, 5) is 29.2. The van der Waals surface area contributed by atoms with Crippen LogP contribution in [0.1, 0.15) is 48.0 Å². The number of methoxy groups -OCH3 is 1. The summed E-state index contributed by atoms with van der Waals surface area (Å²) in [6.45, 7) is 3.46. The Morgan fingerprint density at radius 2 is 1.76 bits per heavy atom. The molecule has 2 atom stereocenters. The molecule has 178 valence electrons. The number of rotatable bonds is 6. The van der Waals surface area contributed by atoms with Gasteiger partial charge in [-0.15, -0.1) is 0 Å². The van der Waals surface area contributed by atoms with E-state index >= 15 is 0 Å². The van der Waals surface area contributed by atoms with Gasteiger partial charge in [-0.25, -0.2) is 0 Å². The molecule has 1 N–H and O–H groups in total. The van der Waals surface area contributed by atoms with E-state index in [1.807, 2.05) is 42.5 Å². The number of amides is 1. The number of carbonyl (C=O) groups is 1. The van der Waals surface area contributed by atoms with Crippen LogP contribution in [-0.4, -0.2) is 48.2 Å². The van der Waals surface area contributed by atoms with Crippen LogP contribution in [0.15, 0.2) is 59.5 Å². The van der Waals surface area contributed by atoms with Crippen molar-refractivity contribution in [2.24, 2.45) is 5.92 Å². The molecule has 0 aliphatic carbocycles. The van der Waals surface area contributed by atoms with Crippen molar-refractivity contribution >= 4 is 16.7 Å². The van der Waals surface area contributed by atoms with Crippen LogP contribution in [0.3, 0.4) is 0 Å². The summed E-state index contributed by atoms with van der Waals surface area (Å²) in [6.07, 6.45) is 7.89. The number of nitrogens with one attached hydrogen (secondary N) is 1. The highest BCUT2D eigenvalue weighted by atomic mass is 16.5. The lowest BCUT2D eigenvalue weighted by Crippen LogP contribution is -2.51. The van der Waals surface area contributed by atoms with Gasteiger partial charge < -0.3 is 19.5 Å². The van der Waals surface area contributed by atoms with E-state index in [1.54, 1.807) is 23.9 Å². The molecule has 0 radical (unpaired) electrons. The maximum Gasteiger partial charge on any atom is 0.258 e. The van der Waals surface area contributed by atoms with Gasteiger partial charge in [0.25, 0.3) is 11.5 Å². The van der Waals surface area contributed by atoms with E-state index in [1.165, 1.54) is 45.2 Å². The van der Waals surface area contributed by atoms with Gasteiger partial charge in [-0.3, -0.25) is 9.59 Å². The lowest BCUT2D eigenvalue weighted by molar-refractivity contribution is 0.0576. The van der Waals surface area contributed by atoms with E-state index in [0.29, 0.717) is 41.4 Å². The molecule has 34 heavy (non-hydrogen) atoms. The van der Waals surface area contributed by atoms with Crippen molar-refractivity contribution in [1.29, 1.82) is 0 Å². The van der Waals surface area contributed by atoms with Gasteiger partial charge in [0.15, 0.2) is 0 Å². The predicted octanol–water partition coefficient (Wildman–Crippen LogP) is 4.05. The highest BCUT2D eigenvalue weighted by Crippen LogP contribution is 2.30. The first kappa shape index (κ1) is 22.7. The first-order valence-corrected chi connectivity index (χ1v) is 12.4. The molecule has 0 unspecified atom stereocenters. The van der Waals surface area contributed by atoms with Gasteiger partial charge in [-0.2, -0.15) is 0 Å². The van der Waals surface area contributed by atoms with Crippen molar-refractivity contribution in [2.75, 3.05) is 26.7 Å². The number of pyridine rings is 1. The molecule has 1 aromatic heterocycles. The van der Waals surface area contributed by atoms with Crippen molar-refractivity contribution < 1.29 is 9.53 Å². The number of carbonyl (C=O) groups excluding carboxylic acids is 1. The van der Waals surface area contributed by atoms with Crippen LogP contribution in [0, 0.1) is 5.92 Å². The minimum atomic E-state index is -0.104. The van der Waals surface area contributed by atoms with E-state index in [2.05, 4.69) is 10.2 Å². The molecular weight excluding hydrogens is 426 g/mol. The molecule has 2 aliphatic heterocycles. The van der Waals surface area contributed by atoms with E-state index in [-0.39, 0.29) is 11.5 Å². The molecule has 2 fully saturated rings. The number of ether oxygens (including phenoxy) is 1. The summed E-state index contributed by atoms with van der Waals surface area (Å²) in [5.74, 6) is 1.16. The molecule has 3 heterocycles. The Labute approximate surface area is 200 Å². The van der Waals surface area contributed by atoms with Gasteiger partial charge in [0.05, 0.1) is 19.2 Å². The normalized spacial score (nSPS) is 20.6. The summed E-state index contributed by atoms with van der Waals surface area (Å²) >= 11 is 0. The van der Waals surface area contributed by atoms with Crippen LogP contribution in [0.4, 0.5) is 0 Å². The average Bonchev–Trinajstić information content (AvgIpc) is 2.89. The standard InChI is InChI=1S/C28H33N3O3/c1-34-22-13-11-20(12-14-22)18-31-19-25(23-8-2-3-9-24(23)28(31)33)27(32)29-17-21-7-6-16-30-15-5-4-10-26(21)30/h2-3,8-9,11-14,19,21,26H,4-7,10,15-18H2,1H3,(H,29,32)/t21-,26-/m1/s1. The number of aromatic nitrogens is 1. The van der Waals surface area contributed by atoms with Crippen LogP contribution in [-0.2, 0) is 6.54 Å². The predicted molar refractivity (Wildman–Crippen MR) is 135 cm³/mol. The second kappa shape index (κ2) is 10.0. The van der Waals surface area contributed by atoms with Gasteiger partial charge in [-0.05, 0) is 68.5 Å². The SMILES string of the molecule is COc1ccc(Cn2cc(C(=O)NC[C@H]3CCCN4CCCC[C@H]34)c3ccccc3c2=O)cc1. The van der Waals surface area contributed by atoms with Crippen molar-refractivity contribution in [1.82, 2.24) is 14.8 Å². The molecule has 2 aromatic carbocycles. The average molecular weight is 460 g/mol. The molecule has 2 saturated heterocycles. The number of hydrogen-bond acceptors (Lipinski definition) is 4. The van der Waals surface area contributed by atoms with Crippen LogP contribution in [0.2, 0.25) is 0 Å². The third-order valence-corrected chi connectivity index (χ3v) is 7.50. The van der Waals surface area contributed by atoms with Crippen LogP contribution < -0.4 is 15.6 Å². The van der Waals surface area contributed by atoms with Gasteiger partial charge in [0.1, 0.15) is 5.75 Å². The summed E-state index contributed by atoms with van der Waals surface area (Å²) in [7, 11) is 1.63. The molecule has 3 aromatic rings. The van der Waals surface area contributed by atoms with Crippen molar-refractivity contribution in [3.8, 4) is 5.75 Å². The Morgan fingerprint density at radius 3 is 2.56 bits per heavy atom. The highest BCUT2D eigenvalue weighted by molar-refractivity contribution is 6.06. The van der Waals surface area contributed by atoms with Crippen LogP contribution in [0.5, 0.6) is 5.75 Å². The molecule has 6 heteroatoms. The topological polar surface area (TPSA) is 63.6 Å². The molecule has 6 nitrogen and oxygen atoms in total. The maximum absolute atomic E-state index is 13.4. The number of benzene rings is 2. The molecule has 5 rings (SSSR count). The second-order valence-electron chi connectivity index (χ2n) is 9.58. The van der Waals surface area contributed by atoms with E-state index in [0.717, 1.165) is 11.3 Å². The smallest absolute Gasteiger partial charge is 0.258 e. The van der Waals surface area contributed by atoms with E-state index in [4.69, 9.17) is 4.74 Å². The zero-order valence-corrected chi connectivity index (χ0v) is 19.8. The first-order valence-electron chi connectivity index (χ1n) is 12.4. The Hall–Kier alpha value is -3.12. The summed E-state index contributed by atoms with van der Waals surface area (Å²) < 4.78 is 6.88. The van der Waals surface area contributed by atoms with Crippen molar-refractivity contribution in [3.63, 3.8) is 0 Å². The molecular formula is C28H33N3O3. The largest absolute Gasteiger partial charge is 0.497 e. The molecule has 2 aliphatic rings. The summed E-state index contributed by atoms with van der Waals surface area (Å²) in [5, 5.41) is 4.50. The Morgan fingerprint density at radius 1 is 1.00 bits per heavy atom. The zero-order chi connectivity index (χ0) is 23.5. The minimum absolute atomic E-state index is 0.0897. The van der Waals surface area contributed by atoms with E-state index < -0.39 is 0 Å². The third-order valence-electron chi connectivity index (χ3n) is 7.50. The van der Waals surface area contributed by atoms with Crippen molar-refractivity contribution in [3.05, 3.63) is 76.2 Å². The molecule has 0 spiro atoms. The monoisotopic (exact) mass is 459 g/mol. The fourth-order valence-corrected chi connectivity index (χ4v) is 5.70. The molecule has 1 amide bonds. The lowest BCUT2D eigenvalue weighted by atomic mass is 9.83. The fourth-order valence-electron chi connectivity index (χ4n) is 5.70. The van der Waals surface area contributed by atoms with Gasteiger partial charge in [-0.1, -0.05) is 36.8 Å². The maximum atomic E-state index is 13.4. The number of nitrogens with zero attached hydrogens (tertiary/aromatic N) is 2. The zero-order valence-electron chi connectivity index (χ0n) is 19.8. The first-order chi connectivity index (χ1) is 16.6. The lowest BCUT2D eigenvalue weighted by Gasteiger charge is -2.44. The second-order valence-corrected chi connectivity index (χ2v) is 9.58. The molecule has 0 saturated carbocycles. The fraction of sp³-hybridized carbons (Fsp3) is 0.429. The van der Waals surface area contributed by atoms with Crippen molar-refractivity contribution in [2.45, 2.75) is 44.7 Å². The van der Waals surface area contributed by atoms with Gasteiger partial charge in [0.2, 0.25) is 0 Å². The number of piperidine rings is 2. The van der Waals surface area contributed by atoms with Gasteiger partial charge >= 0.3 is 0 Å². The van der Waals surface area contributed by atoms with Crippen LogP contribution >= 0.6 is 0 Å². The highest BCUT2D eigenvalue weighted by Gasteiger charge is 2.33. The quantitative estimate of drug-likeness (QED) is 0.604. The summed E-state index contributed by atoms with van der Waals surface area (Å²) in [5.41, 5.74) is 1.44. The van der Waals surface area contributed by atoms with Gasteiger partial charge in [0, 0.05) is 29.6 Å². The summed E-state index contributed by atoms with van der Waals surface area (Å²) in [6, 6.07) is 15.6. The number of hydrogen-bond donors (Lipinski definition) is 1. The van der Waals surface area contributed by atoms with Crippen LogP contribution in [0.25, 0.3) is 10.8 Å². The number of fused-ring (bicyclic) bond motifs is 2. The third kappa shape index (κ3) is 4.60. The Bertz CT molecular complexity index is 1220.